The third kappa shape index (κ3) is 2.21. The van der Waals surface area contributed by atoms with Crippen molar-refractivity contribution in [1.82, 2.24) is 4.90 Å². The summed E-state index contributed by atoms with van der Waals surface area (Å²) in [7, 11) is 0. The van der Waals surface area contributed by atoms with E-state index in [0.29, 0.717) is 6.54 Å². The number of rotatable bonds is 4. The maximum absolute atomic E-state index is 10.5. The third-order valence-corrected chi connectivity index (χ3v) is 2.56. The van der Waals surface area contributed by atoms with Crippen LogP contribution in [-0.2, 0) is 4.79 Å². The summed E-state index contributed by atoms with van der Waals surface area (Å²) in [5, 5.41) is 8.65. The van der Waals surface area contributed by atoms with E-state index in [-0.39, 0.29) is 5.92 Å². The first-order chi connectivity index (χ1) is 5.63. The van der Waals surface area contributed by atoms with Gasteiger partial charge < -0.3 is 10.0 Å². The van der Waals surface area contributed by atoms with Gasteiger partial charge in [0, 0.05) is 19.6 Å². The molecule has 1 fully saturated rings. The van der Waals surface area contributed by atoms with E-state index >= 15 is 0 Å². The first-order valence-corrected chi connectivity index (χ1v) is 4.58. The zero-order chi connectivity index (χ0) is 9.14. The predicted octanol–water partition coefficient (Wildman–Crippen LogP) is 1.05. The van der Waals surface area contributed by atoms with Crippen LogP contribution in [0.1, 0.15) is 20.3 Å². The van der Waals surface area contributed by atoms with Crippen LogP contribution in [-0.4, -0.2) is 35.6 Å². The average molecular weight is 171 g/mol. The van der Waals surface area contributed by atoms with Gasteiger partial charge in [0.05, 0.1) is 5.92 Å². The van der Waals surface area contributed by atoms with Crippen LogP contribution >= 0.6 is 0 Å². The van der Waals surface area contributed by atoms with Gasteiger partial charge in [-0.25, -0.2) is 0 Å². The molecular weight excluding hydrogens is 154 g/mol. The number of hydrogen-bond donors (Lipinski definition) is 1. The highest BCUT2D eigenvalue weighted by atomic mass is 16.4. The Morgan fingerprint density at radius 3 is 2.67 bits per heavy atom. The van der Waals surface area contributed by atoms with Crippen molar-refractivity contribution in [2.24, 2.45) is 11.8 Å². The molecule has 0 aliphatic carbocycles. The number of hydrogen-bond acceptors (Lipinski definition) is 2. The number of carboxylic acids is 1. The van der Waals surface area contributed by atoms with Crippen LogP contribution in [0.5, 0.6) is 0 Å². The topological polar surface area (TPSA) is 40.5 Å². The molecule has 3 nitrogen and oxygen atoms in total. The Labute approximate surface area is 73.4 Å². The van der Waals surface area contributed by atoms with E-state index < -0.39 is 5.97 Å². The molecule has 0 aromatic heterocycles. The Morgan fingerprint density at radius 1 is 1.67 bits per heavy atom. The van der Waals surface area contributed by atoms with E-state index in [1.807, 2.05) is 0 Å². The smallest absolute Gasteiger partial charge is 0.307 e. The van der Waals surface area contributed by atoms with Gasteiger partial charge in [-0.2, -0.15) is 0 Å². The van der Waals surface area contributed by atoms with E-state index in [2.05, 4.69) is 11.8 Å². The molecular formula is C9H17NO2. The number of carbonyl (C=O) groups is 1. The summed E-state index contributed by atoms with van der Waals surface area (Å²) in [6.45, 7) is 6.85. The molecule has 0 aromatic carbocycles. The first-order valence-electron chi connectivity index (χ1n) is 4.58. The summed E-state index contributed by atoms with van der Waals surface area (Å²) in [6, 6.07) is 0. The Morgan fingerprint density at radius 2 is 2.25 bits per heavy atom. The molecule has 1 aliphatic rings. The van der Waals surface area contributed by atoms with Gasteiger partial charge in [0.15, 0.2) is 0 Å². The van der Waals surface area contributed by atoms with Crippen molar-refractivity contribution in [2.45, 2.75) is 20.3 Å². The molecule has 0 bridgehead atoms. The number of nitrogens with zero attached hydrogens (tertiary/aromatic N) is 1. The monoisotopic (exact) mass is 171 g/mol. The molecule has 70 valence electrons. The molecule has 1 unspecified atom stereocenters. The molecule has 0 radical (unpaired) electrons. The normalized spacial score (nSPS) is 21.8. The Kier molecular flexibility index (Phi) is 3.09. The van der Waals surface area contributed by atoms with E-state index in [1.165, 1.54) is 6.42 Å². The highest BCUT2D eigenvalue weighted by Crippen LogP contribution is 2.19. The lowest BCUT2D eigenvalue weighted by molar-refractivity contribution is -0.142. The van der Waals surface area contributed by atoms with Crippen molar-refractivity contribution in [3.05, 3.63) is 0 Å². The molecule has 0 spiro atoms. The highest BCUT2D eigenvalue weighted by molar-refractivity contribution is 5.69. The number of carboxylic acid groups (broad SMARTS) is 1. The summed E-state index contributed by atoms with van der Waals surface area (Å²) < 4.78 is 0. The largest absolute Gasteiger partial charge is 0.481 e. The zero-order valence-corrected chi connectivity index (χ0v) is 7.79. The van der Waals surface area contributed by atoms with E-state index in [1.54, 1.807) is 6.92 Å². The van der Waals surface area contributed by atoms with Gasteiger partial charge in [-0.15, -0.1) is 0 Å². The average Bonchev–Trinajstić information content (AvgIpc) is 1.94. The lowest BCUT2D eigenvalue weighted by atomic mass is 9.96. The van der Waals surface area contributed by atoms with E-state index in [0.717, 1.165) is 19.0 Å². The van der Waals surface area contributed by atoms with Crippen LogP contribution in [0.3, 0.4) is 0 Å². The lowest BCUT2D eigenvalue weighted by Crippen LogP contribution is -2.48. The fraction of sp³-hybridized carbons (Fsp3) is 0.889. The van der Waals surface area contributed by atoms with Gasteiger partial charge in [-0.05, 0) is 5.92 Å². The Hall–Kier alpha value is -0.570. The molecule has 1 atom stereocenters. The maximum Gasteiger partial charge on any atom is 0.307 e. The van der Waals surface area contributed by atoms with Gasteiger partial charge in [0.25, 0.3) is 0 Å². The summed E-state index contributed by atoms with van der Waals surface area (Å²) in [5.74, 6) is -0.0938. The van der Waals surface area contributed by atoms with Crippen molar-refractivity contribution in [2.75, 3.05) is 19.6 Å². The SMILES string of the molecule is CCC1CN(CC(C)C(=O)O)C1. The van der Waals surface area contributed by atoms with Crippen LogP contribution in [0.4, 0.5) is 0 Å². The Balaban J connectivity index is 2.14. The van der Waals surface area contributed by atoms with Gasteiger partial charge >= 0.3 is 5.97 Å². The molecule has 1 rings (SSSR count). The van der Waals surface area contributed by atoms with Gasteiger partial charge in [0.1, 0.15) is 0 Å². The van der Waals surface area contributed by atoms with Crippen molar-refractivity contribution >= 4 is 5.97 Å². The summed E-state index contributed by atoms with van der Waals surface area (Å²) in [4.78, 5) is 12.7. The first kappa shape index (κ1) is 9.52. The summed E-state index contributed by atoms with van der Waals surface area (Å²) in [5.41, 5.74) is 0. The third-order valence-electron chi connectivity index (χ3n) is 2.56. The van der Waals surface area contributed by atoms with Crippen LogP contribution in [0.15, 0.2) is 0 Å². The molecule has 0 aromatic rings. The second-order valence-electron chi connectivity index (χ2n) is 3.73. The van der Waals surface area contributed by atoms with Crippen molar-refractivity contribution < 1.29 is 9.90 Å². The van der Waals surface area contributed by atoms with Crippen LogP contribution in [0.25, 0.3) is 0 Å². The number of aliphatic carboxylic acids is 1. The van der Waals surface area contributed by atoms with Gasteiger partial charge in [0.2, 0.25) is 0 Å². The standard InChI is InChI=1S/C9H17NO2/c1-3-8-5-10(6-8)4-7(2)9(11)12/h7-8H,3-6H2,1-2H3,(H,11,12). The van der Waals surface area contributed by atoms with Crippen LogP contribution < -0.4 is 0 Å². The second-order valence-corrected chi connectivity index (χ2v) is 3.73. The summed E-state index contributed by atoms with van der Waals surface area (Å²) in [6.07, 6.45) is 1.22. The molecule has 1 N–H and O–H groups in total. The van der Waals surface area contributed by atoms with E-state index in [9.17, 15) is 4.79 Å². The lowest BCUT2D eigenvalue weighted by Gasteiger charge is -2.39. The maximum atomic E-state index is 10.5. The van der Waals surface area contributed by atoms with Crippen molar-refractivity contribution in [3.8, 4) is 0 Å². The van der Waals surface area contributed by atoms with E-state index in [4.69, 9.17) is 5.11 Å². The van der Waals surface area contributed by atoms with Crippen molar-refractivity contribution in [3.63, 3.8) is 0 Å². The zero-order valence-electron chi connectivity index (χ0n) is 7.79. The molecule has 1 aliphatic heterocycles. The molecule has 1 heterocycles. The molecule has 1 saturated heterocycles. The number of likely N-dealkylation sites (tertiary alicyclic amines) is 1. The van der Waals surface area contributed by atoms with Crippen LogP contribution in [0.2, 0.25) is 0 Å². The second kappa shape index (κ2) is 3.90. The molecule has 12 heavy (non-hydrogen) atoms. The summed E-state index contributed by atoms with van der Waals surface area (Å²) >= 11 is 0. The highest BCUT2D eigenvalue weighted by Gasteiger charge is 2.27. The predicted molar refractivity (Wildman–Crippen MR) is 47.0 cm³/mol. The minimum Gasteiger partial charge on any atom is -0.481 e. The van der Waals surface area contributed by atoms with Gasteiger partial charge in [-0.1, -0.05) is 20.3 Å². The molecule has 0 saturated carbocycles. The minimum atomic E-state index is -0.685. The quantitative estimate of drug-likeness (QED) is 0.687. The van der Waals surface area contributed by atoms with Gasteiger partial charge in [-0.3, -0.25) is 4.79 Å². The fourth-order valence-electron chi connectivity index (χ4n) is 1.55. The molecule has 0 amide bonds. The minimum absolute atomic E-state index is 0.220. The molecule has 3 heteroatoms. The Bertz CT molecular complexity index is 164. The van der Waals surface area contributed by atoms with Crippen LogP contribution in [0, 0.1) is 11.8 Å². The van der Waals surface area contributed by atoms with Crippen molar-refractivity contribution in [1.29, 1.82) is 0 Å². The fourth-order valence-corrected chi connectivity index (χ4v) is 1.55.